The van der Waals surface area contributed by atoms with Crippen molar-refractivity contribution >= 4 is 5.97 Å². The number of carboxylic acids is 1. The first-order valence-electron chi connectivity index (χ1n) is 5.57. The van der Waals surface area contributed by atoms with E-state index in [9.17, 15) is 4.79 Å². The summed E-state index contributed by atoms with van der Waals surface area (Å²) in [5, 5.41) is 8.64. The number of nitrogens with zero attached hydrogens (tertiary/aromatic N) is 1. The van der Waals surface area contributed by atoms with Gasteiger partial charge in [0.1, 0.15) is 0 Å². The van der Waals surface area contributed by atoms with E-state index in [1.807, 2.05) is 0 Å². The Hall–Kier alpha value is -0.570. The fourth-order valence-corrected chi connectivity index (χ4v) is 2.29. The molecule has 1 fully saturated rings. The summed E-state index contributed by atoms with van der Waals surface area (Å²) in [6, 6.07) is 0.600. The fraction of sp³-hybridized carbons (Fsp3) is 0.909. The molecule has 1 unspecified atom stereocenters. The van der Waals surface area contributed by atoms with Crippen LogP contribution in [-0.2, 0) is 4.79 Å². The van der Waals surface area contributed by atoms with Crippen LogP contribution in [0.2, 0.25) is 0 Å². The molecule has 3 nitrogen and oxygen atoms in total. The van der Waals surface area contributed by atoms with Gasteiger partial charge in [0.15, 0.2) is 0 Å². The van der Waals surface area contributed by atoms with Crippen LogP contribution in [0, 0.1) is 5.92 Å². The maximum atomic E-state index is 10.5. The number of likely N-dealkylation sites (tertiary alicyclic amines) is 1. The monoisotopic (exact) mass is 199 g/mol. The van der Waals surface area contributed by atoms with Gasteiger partial charge in [-0.2, -0.15) is 0 Å². The Morgan fingerprint density at radius 3 is 2.79 bits per heavy atom. The minimum Gasteiger partial charge on any atom is -0.481 e. The molecule has 1 N–H and O–H groups in total. The molecule has 0 aromatic heterocycles. The molecule has 82 valence electrons. The lowest BCUT2D eigenvalue weighted by atomic mass is 9.93. The van der Waals surface area contributed by atoms with Crippen LogP contribution in [0.3, 0.4) is 0 Å². The first kappa shape index (κ1) is 11.5. The van der Waals surface area contributed by atoms with E-state index in [4.69, 9.17) is 5.11 Å². The molecule has 0 amide bonds. The summed E-state index contributed by atoms with van der Waals surface area (Å²) in [5.41, 5.74) is 0. The van der Waals surface area contributed by atoms with Crippen molar-refractivity contribution in [1.29, 1.82) is 0 Å². The standard InChI is InChI=1S/C11H21NO2/c1-9(2)10-5-3-4-7-12(10)8-6-11(13)14/h9-10H,3-8H2,1-2H3,(H,13,14). The Bertz CT molecular complexity index is 192. The summed E-state index contributed by atoms with van der Waals surface area (Å²) in [4.78, 5) is 12.8. The molecular formula is C11H21NO2. The second kappa shape index (κ2) is 5.35. The smallest absolute Gasteiger partial charge is 0.304 e. The van der Waals surface area contributed by atoms with E-state index in [-0.39, 0.29) is 6.42 Å². The van der Waals surface area contributed by atoms with E-state index in [0.29, 0.717) is 12.0 Å². The highest BCUT2D eigenvalue weighted by atomic mass is 16.4. The van der Waals surface area contributed by atoms with Gasteiger partial charge in [0.2, 0.25) is 0 Å². The second-order valence-electron chi connectivity index (χ2n) is 4.49. The van der Waals surface area contributed by atoms with E-state index >= 15 is 0 Å². The van der Waals surface area contributed by atoms with Crippen LogP contribution >= 0.6 is 0 Å². The quantitative estimate of drug-likeness (QED) is 0.752. The van der Waals surface area contributed by atoms with Gasteiger partial charge in [-0.15, -0.1) is 0 Å². The average Bonchev–Trinajstić information content (AvgIpc) is 2.15. The van der Waals surface area contributed by atoms with Gasteiger partial charge < -0.3 is 5.11 Å². The summed E-state index contributed by atoms with van der Waals surface area (Å²) < 4.78 is 0. The first-order valence-corrected chi connectivity index (χ1v) is 5.57. The summed E-state index contributed by atoms with van der Waals surface area (Å²) in [5.74, 6) is -0.0397. The number of carboxylic acid groups (broad SMARTS) is 1. The molecular weight excluding hydrogens is 178 g/mol. The molecule has 0 spiro atoms. The SMILES string of the molecule is CC(C)C1CCCCN1CCC(=O)O. The average molecular weight is 199 g/mol. The number of hydrogen-bond donors (Lipinski definition) is 1. The summed E-state index contributed by atoms with van der Waals surface area (Å²) in [7, 11) is 0. The number of aliphatic carboxylic acids is 1. The highest BCUT2D eigenvalue weighted by Crippen LogP contribution is 2.22. The van der Waals surface area contributed by atoms with Crippen LogP contribution in [0.25, 0.3) is 0 Å². The number of hydrogen-bond acceptors (Lipinski definition) is 2. The van der Waals surface area contributed by atoms with Crippen molar-refractivity contribution in [2.75, 3.05) is 13.1 Å². The summed E-state index contributed by atoms with van der Waals surface area (Å²) >= 11 is 0. The van der Waals surface area contributed by atoms with E-state index in [2.05, 4.69) is 18.7 Å². The van der Waals surface area contributed by atoms with Crippen molar-refractivity contribution in [3.63, 3.8) is 0 Å². The van der Waals surface area contributed by atoms with Gasteiger partial charge in [-0.1, -0.05) is 20.3 Å². The van der Waals surface area contributed by atoms with Gasteiger partial charge in [-0.05, 0) is 25.3 Å². The lowest BCUT2D eigenvalue weighted by Gasteiger charge is -2.37. The predicted octanol–water partition coefficient (Wildman–Crippen LogP) is 1.97. The molecule has 0 bridgehead atoms. The molecule has 1 aliphatic heterocycles. The fourth-order valence-electron chi connectivity index (χ4n) is 2.29. The molecule has 1 atom stereocenters. The van der Waals surface area contributed by atoms with Crippen LogP contribution in [-0.4, -0.2) is 35.1 Å². The zero-order valence-electron chi connectivity index (χ0n) is 9.20. The van der Waals surface area contributed by atoms with Crippen LogP contribution in [0.1, 0.15) is 39.5 Å². The number of rotatable bonds is 4. The van der Waals surface area contributed by atoms with Gasteiger partial charge >= 0.3 is 5.97 Å². The van der Waals surface area contributed by atoms with Crippen molar-refractivity contribution in [1.82, 2.24) is 4.90 Å². The van der Waals surface area contributed by atoms with E-state index < -0.39 is 5.97 Å². The molecule has 14 heavy (non-hydrogen) atoms. The van der Waals surface area contributed by atoms with E-state index in [1.165, 1.54) is 19.3 Å². The zero-order valence-corrected chi connectivity index (χ0v) is 9.20. The molecule has 3 heteroatoms. The van der Waals surface area contributed by atoms with Gasteiger partial charge in [-0.3, -0.25) is 9.69 Å². The zero-order chi connectivity index (χ0) is 10.6. The maximum absolute atomic E-state index is 10.5. The van der Waals surface area contributed by atoms with E-state index in [1.54, 1.807) is 0 Å². The highest BCUT2D eigenvalue weighted by Gasteiger charge is 2.24. The Morgan fingerprint density at radius 2 is 2.21 bits per heavy atom. The molecule has 0 saturated carbocycles. The van der Waals surface area contributed by atoms with Crippen LogP contribution in [0.4, 0.5) is 0 Å². The first-order chi connectivity index (χ1) is 6.61. The topological polar surface area (TPSA) is 40.5 Å². The molecule has 1 saturated heterocycles. The lowest BCUT2D eigenvalue weighted by molar-refractivity contribution is -0.137. The Labute approximate surface area is 86.1 Å². The molecule has 0 aromatic rings. The number of piperidine rings is 1. The Balaban J connectivity index is 2.41. The third-order valence-electron chi connectivity index (χ3n) is 3.05. The Kier molecular flexibility index (Phi) is 4.39. The molecule has 1 rings (SSSR count). The van der Waals surface area contributed by atoms with Crippen LogP contribution in [0.5, 0.6) is 0 Å². The van der Waals surface area contributed by atoms with Crippen molar-refractivity contribution in [2.24, 2.45) is 5.92 Å². The lowest BCUT2D eigenvalue weighted by Crippen LogP contribution is -2.43. The van der Waals surface area contributed by atoms with Crippen molar-refractivity contribution in [2.45, 2.75) is 45.6 Å². The Morgan fingerprint density at radius 1 is 1.50 bits per heavy atom. The molecule has 0 radical (unpaired) electrons. The van der Waals surface area contributed by atoms with Crippen molar-refractivity contribution < 1.29 is 9.90 Å². The normalized spacial score (nSPS) is 24.1. The molecule has 1 heterocycles. The molecule has 0 aromatic carbocycles. The van der Waals surface area contributed by atoms with Gasteiger partial charge in [0, 0.05) is 12.6 Å². The van der Waals surface area contributed by atoms with Gasteiger partial charge in [0.05, 0.1) is 6.42 Å². The number of carbonyl (C=O) groups is 1. The highest BCUT2D eigenvalue weighted by molar-refractivity contribution is 5.66. The predicted molar refractivity (Wildman–Crippen MR) is 56.3 cm³/mol. The third-order valence-corrected chi connectivity index (χ3v) is 3.05. The maximum Gasteiger partial charge on any atom is 0.304 e. The van der Waals surface area contributed by atoms with Crippen molar-refractivity contribution in [3.05, 3.63) is 0 Å². The minimum absolute atomic E-state index is 0.281. The summed E-state index contributed by atoms with van der Waals surface area (Å²) in [6.07, 6.45) is 4.04. The van der Waals surface area contributed by atoms with Crippen LogP contribution < -0.4 is 0 Å². The second-order valence-corrected chi connectivity index (χ2v) is 4.49. The minimum atomic E-state index is -0.682. The molecule has 1 aliphatic rings. The molecule has 0 aliphatic carbocycles. The summed E-state index contributed by atoms with van der Waals surface area (Å²) in [6.45, 7) is 6.25. The van der Waals surface area contributed by atoms with Crippen LogP contribution in [0.15, 0.2) is 0 Å². The van der Waals surface area contributed by atoms with E-state index in [0.717, 1.165) is 13.1 Å². The largest absolute Gasteiger partial charge is 0.481 e. The third kappa shape index (κ3) is 3.29. The van der Waals surface area contributed by atoms with Gasteiger partial charge in [-0.25, -0.2) is 0 Å². The van der Waals surface area contributed by atoms with Gasteiger partial charge in [0.25, 0.3) is 0 Å². The van der Waals surface area contributed by atoms with Crippen molar-refractivity contribution in [3.8, 4) is 0 Å².